The molecule has 1 fully saturated rings. The maximum absolute atomic E-state index is 12.6. The minimum absolute atomic E-state index is 0.00898. The largest absolute Gasteiger partial charge is 0.394 e. The predicted molar refractivity (Wildman–Crippen MR) is 76.7 cm³/mol. The number of terminal acetylenes is 1. The molecule has 0 aliphatic carbocycles. The number of ether oxygens (including phenoxy) is 1. The number of fused-ring (bicyclic) bond motifs is 1. The van der Waals surface area contributed by atoms with Gasteiger partial charge < -0.3 is 20.7 Å². The van der Waals surface area contributed by atoms with Crippen LogP contribution in [0.5, 0.6) is 0 Å². The number of aliphatic hydroxyl groups is 2. The minimum Gasteiger partial charge on any atom is -0.394 e. The standard InChI is InChI=1S/C13H15N5O4/c1-2-3-17-8-5-15-12(14)16-10(8)18(13(17)21)11-9(20)4-7(6-19)22-11/h1,5,7,9,11,19-20H,3-4,6H2,(H2,14,15,16)/t7-,9+,11+/m0/s1. The van der Waals surface area contributed by atoms with E-state index in [9.17, 15) is 9.90 Å². The first-order valence-electron chi connectivity index (χ1n) is 6.68. The van der Waals surface area contributed by atoms with Crippen LogP contribution in [-0.2, 0) is 11.3 Å². The number of hydrogen-bond acceptors (Lipinski definition) is 7. The van der Waals surface area contributed by atoms with Crippen LogP contribution < -0.4 is 11.4 Å². The number of rotatable bonds is 3. The molecule has 0 aromatic carbocycles. The molecular weight excluding hydrogens is 290 g/mol. The molecule has 3 rings (SSSR count). The highest BCUT2D eigenvalue weighted by atomic mass is 16.5. The Bertz CT molecular complexity index is 805. The van der Waals surface area contributed by atoms with Crippen molar-refractivity contribution in [2.45, 2.75) is 31.4 Å². The van der Waals surface area contributed by atoms with E-state index in [2.05, 4.69) is 15.9 Å². The van der Waals surface area contributed by atoms with Crippen LogP contribution in [0.2, 0.25) is 0 Å². The van der Waals surface area contributed by atoms with Gasteiger partial charge in [-0.3, -0.25) is 4.57 Å². The van der Waals surface area contributed by atoms with Gasteiger partial charge in [-0.2, -0.15) is 4.98 Å². The number of nitrogens with zero attached hydrogens (tertiary/aromatic N) is 4. The van der Waals surface area contributed by atoms with Gasteiger partial charge in [-0.15, -0.1) is 6.42 Å². The lowest BCUT2D eigenvalue weighted by Crippen LogP contribution is -2.32. The molecule has 2 aromatic rings. The van der Waals surface area contributed by atoms with Gasteiger partial charge in [-0.25, -0.2) is 14.3 Å². The van der Waals surface area contributed by atoms with E-state index in [0.29, 0.717) is 5.52 Å². The van der Waals surface area contributed by atoms with Crippen LogP contribution in [0, 0.1) is 12.3 Å². The summed E-state index contributed by atoms with van der Waals surface area (Å²) < 4.78 is 8.03. The second-order valence-electron chi connectivity index (χ2n) is 5.01. The molecule has 3 heterocycles. The molecule has 116 valence electrons. The molecule has 0 unspecified atom stereocenters. The number of nitrogens with two attached hydrogens (primary N) is 1. The summed E-state index contributed by atoms with van der Waals surface area (Å²) in [4.78, 5) is 20.5. The molecule has 0 spiro atoms. The summed E-state index contributed by atoms with van der Waals surface area (Å²) in [7, 11) is 0. The monoisotopic (exact) mass is 305 g/mol. The van der Waals surface area contributed by atoms with Gasteiger partial charge in [0.25, 0.3) is 0 Å². The zero-order valence-electron chi connectivity index (χ0n) is 11.6. The molecule has 9 nitrogen and oxygen atoms in total. The maximum atomic E-state index is 12.6. The summed E-state index contributed by atoms with van der Waals surface area (Å²) in [5.41, 5.74) is 5.74. The average molecular weight is 305 g/mol. The van der Waals surface area contributed by atoms with Crippen molar-refractivity contribution in [2.75, 3.05) is 12.3 Å². The summed E-state index contributed by atoms with van der Waals surface area (Å²) >= 11 is 0. The van der Waals surface area contributed by atoms with Gasteiger partial charge in [0.15, 0.2) is 11.9 Å². The lowest BCUT2D eigenvalue weighted by molar-refractivity contribution is -0.0505. The van der Waals surface area contributed by atoms with E-state index >= 15 is 0 Å². The molecule has 22 heavy (non-hydrogen) atoms. The molecule has 4 N–H and O–H groups in total. The molecule has 0 amide bonds. The highest BCUT2D eigenvalue weighted by Crippen LogP contribution is 2.29. The maximum Gasteiger partial charge on any atom is 0.333 e. The molecule has 0 bridgehead atoms. The van der Waals surface area contributed by atoms with E-state index in [1.54, 1.807) is 0 Å². The van der Waals surface area contributed by atoms with E-state index in [4.69, 9.17) is 22.0 Å². The molecular formula is C13H15N5O4. The Kier molecular flexibility index (Phi) is 3.58. The summed E-state index contributed by atoms with van der Waals surface area (Å²) in [6.45, 7) is -0.218. The van der Waals surface area contributed by atoms with E-state index < -0.39 is 24.1 Å². The van der Waals surface area contributed by atoms with Gasteiger partial charge in [-0.1, -0.05) is 5.92 Å². The zero-order valence-corrected chi connectivity index (χ0v) is 11.6. The number of nitrogen functional groups attached to an aromatic ring is 1. The Hall–Kier alpha value is -2.41. The summed E-state index contributed by atoms with van der Waals surface area (Å²) in [5, 5.41) is 19.3. The Balaban J connectivity index is 2.21. The minimum atomic E-state index is -0.958. The van der Waals surface area contributed by atoms with Crippen LogP contribution in [0.15, 0.2) is 11.0 Å². The molecule has 1 aliphatic rings. The molecule has 3 atom stereocenters. The van der Waals surface area contributed by atoms with Crippen molar-refractivity contribution in [3.63, 3.8) is 0 Å². The van der Waals surface area contributed by atoms with Crippen LogP contribution in [0.3, 0.4) is 0 Å². The summed E-state index contributed by atoms with van der Waals surface area (Å²) in [5.74, 6) is 2.38. The first kappa shape index (κ1) is 14.5. The van der Waals surface area contributed by atoms with Gasteiger partial charge in [0.1, 0.15) is 11.6 Å². The first-order chi connectivity index (χ1) is 10.6. The molecule has 1 aliphatic heterocycles. The van der Waals surface area contributed by atoms with Crippen LogP contribution in [-0.4, -0.2) is 48.1 Å². The van der Waals surface area contributed by atoms with Crippen molar-refractivity contribution in [2.24, 2.45) is 0 Å². The lowest BCUT2D eigenvalue weighted by atomic mass is 10.2. The fraction of sp³-hybridized carbons (Fsp3) is 0.462. The van der Waals surface area contributed by atoms with Crippen LogP contribution >= 0.6 is 0 Å². The average Bonchev–Trinajstić information content (AvgIpc) is 2.98. The topological polar surface area (TPSA) is 128 Å². The van der Waals surface area contributed by atoms with Crippen molar-refractivity contribution in [1.29, 1.82) is 0 Å². The van der Waals surface area contributed by atoms with Gasteiger partial charge in [0.05, 0.1) is 25.5 Å². The quantitative estimate of drug-likeness (QED) is 0.585. The predicted octanol–water partition coefficient (Wildman–Crippen LogP) is -1.55. The van der Waals surface area contributed by atoms with Crippen molar-refractivity contribution in [3.8, 4) is 12.3 Å². The number of anilines is 1. The Morgan fingerprint density at radius 1 is 1.59 bits per heavy atom. The first-order valence-corrected chi connectivity index (χ1v) is 6.68. The van der Waals surface area contributed by atoms with Crippen LogP contribution in [0.4, 0.5) is 5.95 Å². The smallest absolute Gasteiger partial charge is 0.333 e. The fourth-order valence-electron chi connectivity index (χ4n) is 2.62. The number of imidazole rings is 1. The van der Waals surface area contributed by atoms with Crippen molar-refractivity contribution in [1.82, 2.24) is 19.1 Å². The third-order valence-electron chi connectivity index (χ3n) is 3.60. The lowest BCUT2D eigenvalue weighted by Gasteiger charge is -2.15. The van der Waals surface area contributed by atoms with Gasteiger partial charge in [0, 0.05) is 6.42 Å². The van der Waals surface area contributed by atoms with Crippen LogP contribution in [0.1, 0.15) is 12.6 Å². The van der Waals surface area contributed by atoms with Gasteiger partial charge in [-0.05, 0) is 0 Å². The Labute approximate surface area is 125 Å². The summed E-state index contributed by atoms with van der Waals surface area (Å²) in [6.07, 6.45) is 4.45. The van der Waals surface area contributed by atoms with Gasteiger partial charge in [0.2, 0.25) is 5.95 Å². The highest BCUT2D eigenvalue weighted by molar-refractivity contribution is 5.72. The van der Waals surface area contributed by atoms with E-state index in [1.165, 1.54) is 15.3 Å². The number of hydrogen-bond donors (Lipinski definition) is 3. The van der Waals surface area contributed by atoms with E-state index in [1.807, 2.05) is 0 Å². The van der Waals surface area contributed by atoms with E-state index in [-0.39, 0.29) is 31.2 Å². The molecule has 2 aromatic heterocycles. The third-order valence-corrected chi connectivity index (χ3v) is 3.60. The van der Waals surface area contributed by atoms with Crippen LogP contribution in [0.25, 0.3) is 11.2 Å². The SMILES string of the molecule is C#CCn1c(=O)n([C@@H]2O[C@H](CO)C[C@H]2O)c2nc(N)ncc21. The zero-order chi connectivity index (χ0) is 15.9. The Morgan fingerprint density at radius 2 is 2.36 bits per heavy atom. The van der Waals surface area contributed by atoms with Crippen molar-refractivity contribution >= 4 is 17.1 Å². The fourth-order valence-corrected chi connectivity index (χ4v) is 2.62. The molecule has 1 saturated heterocycles. The molecule has 0 saturated carbocycles. The summed E-state index contributed by atoms with van der Waals surface area (Å²) in [6, 6.07) is 0. The number of aliphatic hydroxyl groups excluding tert-OH is 2. The second kappa shape index (κ2) is 5.42. The second-order valence-corrected chi connectivity index (χ2v) is 5.01. The third kappa shape index (κ3) is 2.14. The van der Waals surface area contributed by atoms with Crippen molar-refractivity contribution in [3.05, 3.63) is 16.7 Å². The van der Waals surface area contributed by atoms with E-state index in [0.717, 1.165) is 0 Å². The highest BCUT2D eigenvalue weighted by Gasteiger charge is 2.37. The Morgan fingerprint density at radius 3 is 3.00 bits per heavy atom. The molecule has 9 heteroatoms. The normalized spacial score (nSPS) is 24.7. The molecule has 0 radical (unpaired) electrons. The number of aromatic nitrogens is 4. The van der Waals surface area contributed by atoms with Crippen molar-refractivity contribution < 1.29 is 14.9 Å². The van der Waals surface area contributed by atoms with Gasteiger partial charge >= 0.3 is 5.69 Å².